The summed E-state index contributed by atoms with van der Waals surface area (Å²) in [6, 6.07) is 21.4. The summed E-state index contributed by atoms with van der Waals surface area (Å²) in [5.74, 6) is -0.783. The molecule has 1 fully saturated rings. The van der Waals surface area contributed by atoms with Crippen LogP contribution in [0.3, 0.4) is 0 Å². The summed E-state index contributed by atoms with van der Waals surface area (Å²) in [7, 11) is 1.58. The fourth-order valence-corrected chi connectivity index (χ4v) is 9.36. The monoisotopic (exact) mass is 645 g/mol. The van der Waals surface area contributed by atoms with Crippen LogP contribution in [0.2, 0.25) is 0 Å². The number of thiocarbonyl (C=S) groups is 1. The van der Waals surface area contributed by atoms with Crippen LogP contribution in [0.25, 0.3) is 6.08 Å². The molecule has 2 aliphatic rings. The minimum atomic E-state index is -0.774. The maximum atomic E-state index is 12.5. The summed E-state index contributed by atoms with van der Waals surface area (Å²) in [6.07, 6.45) is 1.73. The molecule has 0 unspecified atom stereocenters. The van der Waals surface area contributed by atoms with E-state index in [-0.39, 0.29) is 16.6 Å². The quantitative estimate of drug-likeness (QED) is 0.156. The molecule has 0 atom stereocenters. The van der Waals surface area contributed by atoms with E-state index >= 15 is 0 Å². The molecule has 5 rings (SSSR count). The number of likely N-dealkylation sites (N-methyl/N-ethyl adjacent to an activating group) is 1. The van der Waals surface area contributed by atoms with E-state index in [0.29, 0.717) is 0 Å². The van der Waals surface area contributed by atoms with E-state index in [4.69, 9.17) is 12.2 Å². The van der Waals surface area contributed by atoms with Crippen LogP contribution in [0.1, 0.15) is 3.58 Å². The van der Waals surface area contributed by atoms with Crippen LogP contribution < -0.4 is 17.4 Å². The van der Waals surface area contributed by atoms with E-state index in [0.717, 1.165) is 3.58 Å². The molecule has 3 heterocycles. The van der Waals surface area contributed by atoms with Gasteiger partial charge in [-0.3, -0.25) is 0 Å². The average molecular weight is 641 g/mol. The van der Waals surface area contributed by atoms with Crippen molar-refractivity contribution in [2.45, 2.75) is 0 Å². The third-order valence-electron chi connectivity index (χ3n) is 4.86. The topological polar surface area (TPSA) is 52.7 Å². The number of anilines is 3. The molecule has 1 N–H and O–H groups in total. The average Bonchev–Trinajstić information content (AvgIpc) is 3.21. The number of carbonyl (C=O) groups is 2. The molecule has 2 amide bonds. The molecule has 2 aliphatic heterocycles. The van der Waals surface area contributed by atoms with Crippen molar-refractivity contribution in [1.82, 2.24) is 10.2 Å². The van der Waals surface area contributed by atoms with E-state index in [1.165, 1.54) is 27.2 Å². The Kier molecular flexibility index (Phi) is 5.31. The molecule has 30 heavy (non-hydrogen) atoms. The molecule has 5 nitrogen and oxygen atoms in total. The molecule has 0 spiro atoms. The second kappa shape index (κ2) is 7.96. The number of amides is 2. The van der Waals surface area contributed by atoms with Gasteiger partial charge in [-0.05, 0) is 0 Å². The first-order chi connectivity index (χ1) is 14.5. The van der Waals surface area contributed by atoms with Gasteiger partial charge >= 0.3 is 200 Å². The van der Waals surface area contributed by atoms with E-state index in [2.05, 4.69) is 64.8 Å². The molecular weight excluding hydrogens is 626 g/mol. The van der Waals surface area contributed by atoms with Gasteiger partial charge in [-0.25, -0.2) is 0 Å². The Morgan fingerprint density at radius 2 is 1.57 bits per heavy atom. The summed E-state index contributed by atoms with van der Waals surface area (Å²) in [6.45, 7) is 0. The predicted molar refractivity (Wildman–Crippen MR) is 125 cm³/mol. The Hall–Kier alpha value is -1.93. The van der Waals surface area contributed by atoms with Crippen LogP contribution in [-0.2, 0) is 9.59 Å². The van der Waals surface area contributed by atoms with Crippen LogP contribution >= 0.6 is 12.2 Å². The van der Waals surface area contributed by atoms with Gasteiger partial charge in [0.1, 0.15) is 0 Å². The van der Waals surface area contributed by atoms with Gasteiger partial charge in [0.15, 0.2) is 0 Å². The summed E-state index contributed by atoms with van der Waals surface area (Å²) in [5, 5.41) is 2.72. The molecule has 3 aromatic rings. The molecule has 8 heteroatoms. The minimum absolute atomic E-state index is 0.142. The fraction of sp³-hybridized carbons (Fsp3) is 0.0455. The zero-order chi connectivity index (χ0) is 20.8. The van der Waals surface area contributed by atoms with Crippen LogP contribution in [-0.4, -0.2) is 70.2 Å². The van der Waals surface area contributed by atoms with Crippen molar-refractivity contribution >= 4 is 98.9 Å². The number of hydrogen-bond donors (Lipinski definition) is 1. The number of hydrogen-bond acceptors (Lipinski definition) is 4. The maximum absolute atomic E-state index is 12.5. The van der Waals surface area contributed by atoms with Crippen LogP contribution in [0.15, 0.2) is 66.2 Å². The van der Waals surface area contributed by atoms with Crippen molar-refractivity contribution in [2.24, 2.45) is 0 Å². The van der Waals surface area contributed by atoms with Crippen molar-refractivity contribution in [1.29, 1.82) is 0 Å². The summed E-state index contributed by atoms with van der Waals surface area (Å²) >= 11 is 3.83. The Labute approximate surface area is 199 Å². The van der Waals surface area contributed by atoms with Gasteiger partial charge in [0.05, 0.1) is 0 Å². The van der Waals surface area contributed by atoms with E-state index in [1.807, 2.05) is 6.07 Å². The number of carbonyl (C=O) groups excluding carboxylic acids is 2. The Morgan fingerprint density at radius 3 is 2.23 bits per heavy atom. The fourth-order valence-electron chi connectivity index (χ4n) is 3.37. The molecular formula is C22H15N3O2STe2. The summed E-state index contributed by atoms with van der Waals surface area (Å²) < 4.78 is 5.16. The second-order valence-corrected chi connectivity index (χ2v) is 13.3. The van der Waals surface area contributed by atoms with Crippen LogP contribution in [0.4, 0.5) is 15.1 Å². The predicted octanol–water partition coefficient (Wildman–Crippen LogP) is 1.44. The summed E-state index contributed by atoms with van der Waals surface area (Å²) in [4.78, 5) is 28.5. The molecule has 0 aliphatic carbocycles. The zero-order valence-electron chi connectivity index (χ0n) is 15.8. The van der Waals surface area contributed by atoms with E-state index < -0.39 is 47.3 Å². The Balaban J connectivity index is 1.56. The second-order valence-electron chi connectivity index (χ2n) is 6.73. The third kappa shape index (κ3) is 3.43. The molecule has 2 aromatic carbocycles. The SMILES string of the molecule is CN1C(=O)/C(=C/c2ccc(N3c4ccccc4[Te]c4ccccc43)[te]2)C(=O)NC1=S. The molecule has 0 bridgehead atoms. The van der Waals surface area contributed by atoms with Crippen molar-refractivity contribution in [3.8, 4) is 0 Å². The standard InChI is InChI=1S/C22H15N3O2STe2/c1-24-21(27)14(20(26)23-22(24)28)12-13-10-11-19(29-13)25-15-6-2-4-8-17(15)30-18-9-5-3-7-16(18)25/h2-12H,1H3,(H,23,26,28)/b14-12+. The number of rotatable bonds is 2. The van der Waals surface area contributed by atoms with Gasteiger partial charge in [-0.1, -0.05) is 0 Å². The molecule has 1 saturated heterocycles. The van der Waals surface area contributed by atoms with Gasteiger partial charge in [-0.2, -0.15) is 0 Å². The normalized spacial score (nSPS) is 17.1. The molecule has 148 valence electrons. The first kappa shape index (κ1) is 20.0. The first-order valence-corrected chi connectivity index (χ1v) is 14.2. The van der Waals surface area contributed by atoms with Gasteiger partial charge < -0.3 is 0 Å². The number of fused-ring (bicyclic) bond motifs is 2. The van der Waals surface area contributed by atoms with Gasteiger partial charge in [0.25, 0.3) is 0 Å². The number of para-hydroxylation sites is 2. The summed E-state index contributed by atoms with van der Waals surface area (Å²) in [5.41, 5.74) is 2.66. The third-order valence-corrected chi connectivity index (χ3v) is 11.4. The van der Waals surface area contributed by atoms with Crippen LogP contribution in [0.5, 0.6) is 0 Å². The molecule has 1 aromatic heterocycles. The number of benzene rings is 2. The van der Waals surface area contributed by atoms with Gasteiger partial charge in [0, 0.05) is 0 Å². The number of nitrogens with one attached hydrogen (secondary N) is 1. The zero-order valence-corrected chi connectivity index (χ0v) is 21.3. The van der Waals surface area contributed by atoms with Crippen molar-refractivity contribution < 1.29 is 9.59 Å². The van der Waals surface area contributed by atoms with Gasteiger partial charge in [-0.15, -0.1) is 0 Å². The Morgan fingerprint density at radius 1 is 0.933 bits per heavy atom. The molecule has 0 radical (unpaired) electrons. The van der Waals surface area contributed by atoms with Crippen LogP contribution in [0, 0.1) is 0 Å². The van der Waals surface area contributed by atoms with Crippen molar-refractivity contribution in [3.63, 3.8) is 0 Å². The number of nitrogens with zero attached hydrogens (tertiary/aromatic N) is 2. The van der Waals surface area contributed by atoms with E-state index in [1.54, 1.807) is 13.1 Å². The first-order valence-electron chi connectivity index (χ1n) is 9.14. The van der Waals surface area contributed by atoms with Gasteiger partial charge in [0.2, 0.25) is 0 Å². The van der Waals surface area contributed by atoms with Crippen molar-refractivity contribution in [2.75, 3.05) is 11.9 Å². The molecule has 0 saturated carbocycles. The van der Waals surface area contributed by atoms with Crippen molar-refractivity contribution in [3.05, 3.63) is 69.8 Å². The Bertz CT molecular complexity index is 1200. The van der Waals surface area contributed by atoms with E-state index in [9.17, 15) is 9.59 Å².